The summed E-state index contributed by atoms with van der Waals surface area (Å²) in [7, 11) is 0. The van der Waals surface area contributed by atoms with E-state index in [4.69, 9.17) is 0 Å². The molecule has 2 aromatic rings. The largest absolute Gasteiger partial charge is 0.368 e. The van der Waals surface area contributed by atoms with Gasteiger partial charge in [-0.2, -0.15) is 0 Å². The first-order valence-corrected chi connectivity index (χ1v) is 8.10. The number of benzene rings is 1. The highest BCUT2D eigenvalue weighted by molar-refractivity contribution is 5.92. The summed E-state index contributed by atoms with van der Waals surface area (Å²) in [6, 6.07) is 6.40. The van der Waals surface area contributed by atoms with E-state index in [0.717, 1.165) is 26.2 Å². The highest BCUT2D eigenvalue weighted by atomic mass is 16.2. The van der Waals surface area contributed by atoms with Gasteiger partial charge in [0.15, 0.2) is 0 Å². The molecule has 2 heterocycles. The normalized spacial score (nSPS) is 15.1. The molecule has 0 N–H and O–H groups in total. The number of carbonyl (C=O) groups is 1. The van der Waals surface area contributed by atoms with E-state index in [1.807, 2.05) is 11.8 Å². The van der Waals surface area contributed by atoms with Crippen LogP contribution < -0.4 is 4.90 Å². The Balaban J connectivity index is 1.69. The highest BCUT2D eigenvalue weighted by Crippen LogP contribution is 2.24. The number of hydrogen-bond donors (Lipinski definition) is 0. The van der Waals surface area contributed by atoms with Gasteiger partial charge in [0.2, 0.25) is 0 Å². The fourth-order valence-corrected chi connectivity index (χ4v) is 3.05. The summed E-state index contributed by atoms with van der Waals surface area (Å²) in [4.78, 5) is 16.9. The second kappa shape index (κ2) is 6.40. The van der Waals surface area contributed by atoms with Crippen molar-refractivity contribution in [3.63, 3.8) is 0 Å². The van der Waals surface area contributed by atoms with Crippen LogP contribution in [0.3, 0.4) is 0 Å². The van der Waals surface area contributed by atoms with Crippen LogP contribution in [-0.4, -0.2) is 52.0 Å². The Labute approximate surface area is 136 Å². The second-order valence-corrected chi connectivity index (χ2v) is 5.93. The zero-order valence-corrected chi connectivity index (χ0v) is 14.0. The molecule has 1 aliphatic heterocycles. The Morgan fingerprint density at radius 1 is 1.17 bits per heavy atom. The smallest absolute Gasteiger partial charge is 0.273 e. The minimum Gasteiger partial charge on any atom is -0.368 e. The molecule has 0 aliphatic carbocycles. The van der Waals surface area contributed by atoms with Crippen LogP contribution in [0.4, 0.5) is 5.69 Å². The van der Waals surface area contributed by atoms with Crippen molar-refractivity contribution < 1.29 is 4.79 Å². The number of piperazine rings is 1. The first kappa shape index (κ1) is 15.5. The first-order chi connectivity index (χ1) is 11.1. The van der Waals surface area contributed by atoms with E-state index in [0.29, 0.717) is 12.2 Å². The Hall–Kier alpha value is -2.37. The van der Waals surface area contributed by atoms with Crippen molar-refractivity contribution in [2.75, 3.05) is 31.1 Å². The first-order valence-electron chi connectivity index (χ1n) is 8.10. The van der Waals surface area contributed by atoms with E-state index in [-0.39, 0.29) is 5.91 Å². The summed E-state index contributed by atoms with van der Waals surface area (Å²) in [6.07, 6.45) is 1.56. The lowest BCUT2D eigenvalue weighted by atomic mass is 10.1. The van der Waals surface area contributed by atoms with Crippen LogP contribution in [0, 0.1) is 13.8 Å². The van der Waals surface area contributed by atoms with Gasteiger partial charge in [-0.15, -0.1) is 5.10 Å². The fourth-order valence-electron chi connectivity index (χ4n) is 3.05. The summed E-state index contributed by atoms with van der Waals surface area (Å²) >= 11 is 0. The predicted octanol–water partition coefficient (Wildman–Crippen LogP) is 1.88. The minimum absolute atomic E-state index is 0.0254. The van der Waals surface area contributed by atoms with Gasteiger partial charge in [-0.1, -0.05) is 17.3 Å². The summed E-state index contributed by atoms with van der Waals surface area (Å²) in [5.41, 5.74) is 4.48. The lowest BCUT2D eigenvalue weighted by Gasteiger charge is -2.37. The maximum absolute atomic E-state index is 12.6. The molecule has 0 radical (unpaired) electrons. The van der Waals surface area contributed by atoms with Crippen molar-refractivity contribution in [2.24, 2.45) is 0 Å². The topological polar surface area (TPSA) is 54.3 Å². The molecule has 1 amide bonds. The van der Waals surface area contributed by atoms with Crippen LogP contribution in [0.15, 0.2) is 24.4 Å². The molecule has 0 atom stereocenters. The van der Waals surface area contributed by atoms with Crippen molar-refractivity contribution in [1.82, 2.24) is 19.9 Å². The monoisotopic (exact) mass is 313 g/mol. The van der Waals surface area contributed by atoms with E-state index in [1.54, 1.807) is 10.9 Å². The van der Waals surface area contributed by atoms with Gasteiger partial charge in [0, 0.05) is 38.4 Å². The molecule has 0 bridgehead atoms. The third-order valence-corrected chi connectivity index (χ3v) is 4.62. The maximum Gasteiger partial charge on any atom is 0.273 e. The second-order valence-electron chi connectivity index (χ2n) is 5.93. The van der Waals surface area contributed by atoms with E-state index in [9.17, 15) is 4.79 Å². The molecule has 0 unspecified atom stereocenters. The lowest BCUT2D eigenvalue weighted by Crippen LogP contribution is -2.49. The van der Waals surface area contributed by atoms with Gasteiger partial charge in [0.1, 0.15) is 5.69 Å². The molecule has 1 aromatic heterocycles. The summed E-state index contributed by atoms with van der Waals surface area (Å²) in [5.74, 6) is 0.0254. The fraction of sp³-hybridized carbons (Fsp3) is 0.471. The number of rotatable bonds is 3. The Morgan fingerprint density at radius 3 is 2.61 bits per heavy atom. The molecule has 6 heteroatoms. The highest BCUT2D eigenvalue weighted by Gasteiger charge is 2.25. The standard InChI is InChI=1S/C17H23N5O/c1-4-22-16(12-18-19-22)17(23)21-10-8-20(9-11-21)15-7-5-6-13(2)14(15)3/h5-7,12H,4,8-11H2,1-3H3. The average Bonchev–Trinajstić information content (AvgIpc) is 3.05. The van der Waals surface area contributed by atoms with Gasteiger partial charge >= 0.3 is 0 Å². The molecule has 1 fully saturated rings. The number of amides is 1. The van der Waals surface area contributed by atoms with Crippen LogP contribution in [-0.2, 0) is 6.54 Å². The Morgan fingerprint density at radius 2 is 1.91 bits per heavy atom. The van der Waals surface area contributed by atoms with Crippen LogP contribution in [0.25, 0.3) is 0 Å². The van der Waals surface area contributed by atoms with E-state index < -0.39 is 0 Å². The van der Waals surface area contributed by atoms with E-state index in [1.165, 1.54) is 16.8 Å². The van der Waals surface area contributed by atoms with Gasteiger partial charge in [-0.05, 0) is 38.0 Å². The van der Waals surface area contributed by atoms with E-state index >= 15 is 0 Å². The number of aromatic nitrogens is 3. The predicted molar refractivity (Wildman–Crippen MR) is 89.7 cm³/mol. The molecule has 6 nitrogen and oxygen atoms in total. The molecular formula is C17H23N5O. The zero-order valence-electron chi connectivity index (χ0n) is 14.0. The number of nitrogens with zero attached hydrogens (tertiary/aromatic N) is 5. The van der Waals surface area contributed by atoms with E-state index in [2.05, 4.69) is 47.3 Å². The SMILES string of the molecule is CCn1nncc1C(=O)N1CCN(c2cccc(C)c2C)CC1. The van der Waals surface area contributed by atoms with Crippen molar-refractivity contribution in [2.45, 2.75) is 27.3 Å². The number of anilines is 1. The average molecular weight is 313 g/mol. The molecule has 0 spiro atoms. The van der Waals surface area contributed by atoms with Crippen molar-refractivity contribution >= 4 is 11.6 Å². The van der Waals surface area contributed by atoms with Gasteiger partial charge in [0.25, 0.3) is 5.91 Å². The van der Waals surface area contributed by atoms with Crippen LogP contribution in [0.2, 0.25) is 0 Å². The number of aryl methyl sites for hydroxylation is 2. The Bertz CT molecular complexity index is 701. The molecular weight excluding hydrogens is 290 g/mol. The molecule has 1 aliphatic rings. The van der Waals surface area contributed by atoms with Gasteiger partial charge in [-0.3, -0.25) is 4.79 Å². The third-order valence-electron chi connectivity index (χ3n) is 4.62. The third kappa shape index (κ3) is 2.93. The van der Waals surface area contributed by atoms with Gasteiger partial charge in [-0.25, -0.2) is 4.68 Å². The van der Waals surface area contributed by atoms with Crippen molar-refractivity contribution in [1.29, 1.82) is 0 Å². The molecule has 3 rings (SSSR count). The molecule has 1 aromatic carbocycles. The zero-order chi connectivity index (χ0) is 16.4. The maximum atomic E-state index is 12.6. The number of carbonyl (C=O) groups excluding carboxylic acids is 1. The van der Waals surface area contributed by atoms with Crippen molar-refractivity contribution in [3.8, 4) is 0 Å². The molecule has 23 heavy (non-hydrogen) atoms. The Kier molecular flexibility index (Phi) is 4.32. The molecule has 0 saturated carbocycles. The van der Waals surface area contributed by atoms with Crippen LogP contribution >= 0.6 is 0 Å². The van der Waals surface area contributed by atoms with Crippen LogP contribution in [0.1, 0.15) is 28.5 Å². The molecule has 1 saturated heterocycles. The lowest BCUT2D eigenvalue weighted by molar-refractivity contribution is 0.0734. The number of hydrogen-bond acceptors (Lipinski definition) is 4. The van der Waals surface area contributed by atoms with Gasteiger partial charge in [0.05, 0.1) is 6.20 Å². The van der Waals surface area contributed by atoms with Crippen molar-refractivity contribution in [3.05, 3.63) is 41.2 Å². The minimum atomic E-state index is 0.0254. The van der Waals surface area contributed by atoms with Crippen LogP contribution in [0.5, 0.6) is 0 Å². The quantitative estimate of drug-likeness (QED) is 0.868. The summed E-state index contributed by atoms with van der Waals surface area (Å²) in [6.45, 7) is 10.1. The summed E-state index contributed by atoms with van der Waals surface area (Å²) in [5, 5.41) is 7.79. The molecule has 122 valence electrons. The summed E-state index contributed by atoms with van der Waals surface area (Å²) < 4.78 is 1.65. The van der Waals surface area contributed by atoms with Gasteiger partial charge < -0.3 is 9.80 Å².